The SMILES string of the molecule is CSC12C=CC(Cn3c4c(c5cc(C(=O)N6CCC(C)CC6)ccc53)CN(C3CCCC3)CC4)=CC1C2. The number of nitrogens with zero attached hydrogens (tertiary/aromatic N) is 3. The Bertz CT molecular complexity index is 1280. The molecular weight excluding hydrogens is 474 g/mol. The molecule has 2 unspecified atom stereocenters. The summed E-state index contributed by atoms with van der Waals surface area (Å²) in [5, 5.41) is 1.32. The topological polar surface area (TPSA) is 28.5 Å². The zero-order chi connectivity index (χ0) is 25.1. The van der Waals surface area contributed by atoms with E-state index in [1.54, 1.807) is 0 Å². The van der Waals surface area contributed by atoms with Crippen LogP contribution in [-0.2, 0) is 19.5 Å². The molecule has 1 amide bonds. The van der Waals surface area contributed by atoms with Crippen LogP contribution in [0.3, 0.4) is 0 Å². The summed E-state index contributed by atoms with van der Waals surface area (Å²) in [7, 11) is 0. The Kier molecular flexibility index (Phi) is 6.08. The van der Waals surface area contributed by atoms with Gasteiger partial charge in [-0.1, -0.05) is 38.0 Å². The van der Waals surface area contributed by atoms with E-state index >= 15 is 0 Å². The minimum atomic E-state index is 0.221. The Balaban J connectivity index is 1.24. The van der Waals surface area contributed by atoms with Crippen molar-refractivity contribution >= 4 is 28.6 Å². The molecule has 3 aliphatic carbocycles. The first-order chi connectivity index (χ1) is 18.0. The number of carbonyl (C=O) groups is 1. The second kappa shape index (κ2) is 9.34. The van der Waals surface area contributed by atoms with Crippen LogP contribution in [0, 0.1) is 11.8 Å². The van der Waals surface area contributed by atoms with Crippen molar-refractivity contribution < 1.29 is 4.79 Å². The fourth-order valence-electron chi connectivity index (χ4n) is 7.59. The Morgan fingerprint density at radius 2 is 1.92 bits per heavy atom. The minimum absolute atomic E-state index is 0.221. The van der Waals surface area contributed by atoms with Gasteiger partial charge in [0.1, 0.15) is 0 Å². The van der Waals surface area contributed by atoms with Gasteiger partial charge in [0.05, 0.1) is 0 Å². The van der Waals surface area contributed by atoms with Crippen molar-refractivity contribution in [3.05, 3.63) is 58.8 Å². The van der Waals surface area contributed by atoms with E-state index in [2.05, 4.69) is 64.0 Å². The van der Waals surface area contributed by atoms with Gasteiger partial charge in [-0.2, -0.15) is 11.8 Å². The van der Waals surface area contributed by atoms with Crippen LogP contribution >= 0.6 is 11.8 Å². The molecule has 5 heteroatoms. The van der Waals surface area contributed by atoms with E-state index in [0.29, 0.717) is 10.7 Å². The van der Waals surface area contributed by atoms with Crippen LogP contribution in [-0.4, -0.2) is 57.0 Å². The third-order valence-corrected chi connectivity index (χ3v) is 11.5. The van der Waals surface area contributed by atoms with Crippen molar-refractivity contribution in [2.24, 2.45) is 11.8 Å². The second-order valence-corrected chi connectivity index (χ2v) is 13.6. The highest BCUT2D eigenvalue weighted by molar-refractivity contribution is 8.00. The lowest BCUT2D eigenvalue weighted by Gasteiger charge is -2.33. The predicted octanol–water partition coefficient (Wildman–Crippen LogP) is 6.43. The minimum Gasteiger partial charge on any atom is -0.340 e. The highest BCUT2D eigenvalue weighted by Gasteiger charge is 2.51. The molecule has 0 radical (unpaired) electrons. The zero-order valence-corrected chi connectivity index (χ0v) is 23.4. The first-order valence-electron chi connectivity index (χ1n) is 14.7. The van der Waals surface area contributed by atoms with Crippen LogP contribution in [0.25, 0.3) is 10.9 Å². The smallest absolute Gasteiger partial charge is 0.253 e. The number of benzene rings is 1. The van der Waals surface area contributed by atoms with E-state index in [1.807, 2.05) is 11.8 Å². The molecule has 3 heterocycles. The van der Waals surface area contributed by atoms with Crippen molar-refractivity contribution in [1.82, 2.24) is 14.4 Å². The van der Waals surface area contributed by atoms with Crippen LogP contribution < -0.4 is 0 Å². The van der Waals surface area contributed by atoms with Gasteiger partial charge in [-0.15, -0.1) is 0 Å². The normalized spacial score (nSPS) is 28.4. The molecule has 196 valence electrons. The van der Waals surface area contributed by atoms with Gasteiger partial charge in [0.25, 0.3) is 5.91 Å². The van der Waals surface area contributed by atoms with Crippen LogP contribution in [0.5, 0.6) is 0 Å². The molecule has 4 nitrogen and oxygen atoms in total. The monoisotopic (exact) mass is 515 g/mol. The molecular formula is C32H41N3OS. The molecule has 0 N–H and O–H groups in total. The first-order valence-corrected chi connectivity index (χ1v) is 15.9. The molecule has 37 heavy (non-hydrogen) atoms. The standard InChI is InChI=1S/C32H41N3OS/c1-22-10-14-33(15-11-22)31(36)24-7-8-29-27(18-24)28-21-34(26-5-3-4-6-26)16-12-30(28)35(29)20-23-9-13-32(37-2)19-25(32)17-23/h7-9,13,17-18,22,25-26H,3-6,10-12,14-16,19-21H2,1-2H3. The summed E-state index contributed by atoms with van der Waals surface area (Å²) in [5.74, 6) is 1.65. The number of aromatic nitrogens is 1. The number of rotatable bonds is 5. The van der Waals surface area contributed by atoms with E-state index in [0.717, 1.165) is 63.0 Å². The van der Waals surface area contributed by atoms with E-state index in [-0.39, 0.29) is 5.91 Å². The number of fused-ring (bicyclic) bond motifs is 4. The number of amides is 1. The van der Waals surface area contributed by atoms with Crippen LogP contribution in [0.2, 0.25) is 0 Å². The average Bonchev–Trinajstić information content (AvgIpc) is 3.24. The van der Waals surface area contributed by atoms with Crippen molar-refractivity contribution in [2.45, 2.75) is 82.2 Å². The first kappa shape index (κ1) is 24.1. The summed E-state index contributed by atoms with van der Waals surface area (Å²) in [4.78, 5) is 18.3. The van der Waals surface area contributed by atoms with Crippen LogP contribution in [0.1, 0.15) is 73.5 Å². The molecule has 2 aliphatic heterocycles. The van der Waals surface area contributed by atoms with E-state index in [9.17, 15) is 4.79 Å². The van der Waals surface area contributed by atoms with Crippen LogP contribution in [0.4, 0.5) is 0 Å². The summed E-state index contributed by atoms with van der Waals surface area (Å²) < 4.78 is 2.98. The van der Waals surface area contributed by atoms with Gasteiger partial charge in [0, 0.05) is 72.1 Å². The Morgan fingerprint density at radius 3 is 2.68 bits per heavy atom. The number of likely N-dealkylation sites (tertiary alicyclic amines) is 1. The van der Waals surface area contributed by atoms with Gasteiger partial charge in [-0.25, -0.2) is 0 Å². The molecule has 1 saturated heterocycles. The van der Waals surface area contributed by atoms with Gasteiger partial charge >= 0.3 is 0 Å². The number of thioether (sulfide) groups is 1. The van der Waals surface area contributed by atoms with Crippen molar-refractivity contribution in [3.63, 3.8) is 0 Å². The molecule has 1 aromatic carbocycles. The maximum absolute atomic E-state index is 13.5. The quantitative estimate of drug-likeness (QED) is 0.459. The highest BCUT2D eigenvalue weighted by atomic mass is 32.2. The number of piperidine rings is 1. The Hall–Kier alpha value is -1.98. The van der Waals surface area contributed by atoms with Gasteiger partial charge in [-0.05, 0) is 79.5 Å². The Labute approximate surface area is 226 Å². The van der Waals surface area contributed by atoms with Gasteiger partial charge < -0.3 is 9.47 Å². The van der Waals surface area contributed by atoms with E-state index < -0.39 is 0 Å². The molecule has 5 aliphatic rings. The molecule has 0 bridgehead atoms. The number of hydrogen-bond donors (Lipinski definition) is 0. The number of allylic oxidation sites excluding steroid dienone is 3. The van der Waals surface area contributed by atoms with E-state index in [1.165, 1.54) is 66.4 Å². The molecule has 2 aromatic rings. The summed E-state index contributed by atoms with van der Waals surface area (Å²) in [6, 6.07) is 7.34. The zero-order valence-electron chi connectivity index (χ0n) is 22.5. The second-order valence-electron chi connectivity index (χ2n) is 12.4. The summed E-state index contributed by atoms with van der Waals surface area (Å²) >= 11 is 2.01. The molecule has 2 atom stereocenters. The predicted molar refractivity (Wildman–Crippen MR) is 154 cm³/mol. The fourth-order valence-corrected chi connectivity index (χ4v) is 8.51. The van der Waals surface area contributed by atoms with Crippen molar-refractivity contribution in [1.29, 1.82) is 0 Å². The van der Waals surface area contributed by atoms with Gasteiger partial charge in [0.2, 0.25) is 0 Å². The number of hydrogen-bond acceptors (Lipinski definition) is 3. The summed E-state index contributed by atoms with van der Waals surface area (Å²) in [6.07, 6.45) is 19.7. The van der Waals surface area contributed by atoms with Crippen molar-refractivity contribution in [3.8, 4) is 0 Å². The van der Waals surface area contributed by atoms with E-state index in [4.69, 9.17) is 0 Å². The lowest BCUT2D eigenvalue weighted by atomic mass is 9.98. The average molecular weight is 516 g/mol. The maximum Gasteiger partial charge on any atom is 0.253 e. The Morgan fingerprint density at radius 1 is 1.11 bits per heavy atom. The third kappa shape index (κ3) is 4.21. The lowest BCUT2D eigenvalue weighted by Crippen LogP contribution is -2.38. The maximum atomic E-state index is 13.5. The highest BCUT2D eigenvalue weighted by Crippen LogP contribution is 2.57. The fraction of sp³-hybridized carbons (Fsp3) is 0.594. The summed E-state index contributed by atoms with van der Waals surface area (Å²) in [6.45, 7) is 7.25. The number of carbonyl (C=O) groups excluding carboxylic acids is 1. The molecule has 2 saturated carbocycles. The van der Waals surface area contributed by atoms with Crippen LogP contribution in [0.15, 0.2) is 42.0 Å². The van der Waals surface area contributed by atoms with Gasteiger partial charge in [0.15, 0.2) is 0 Å². The molecule has 0 spiro atoms. The molecule has 1 aromatic heterocycles. The summed E-state index contributed by atoms with van der Waals surface area (Å²) in [5.41, 5.74) is 6.63. The largest absolute Gasteiger partial charge is 0.340 e. The third-order valence-electron chi connectivity index (χ3n) is 10.2. The van der Waals surface area contributed by atoms with Gasteiger partial charge in [-0.3, -0.25) is 9.69 Å². The lowest BCUT2D eigenvalue weighted by molar-refractivity contribution is 0.0697. The molecule has 7 rings (SSSR count). The van der Waals surface area contributed by atoms with Crippen molar-refractivity contribution in [2.75, 3.05) is 25.9 Å². The molecule has 3 fully saturated rings.